The monoisotopic (exact) mass is 243 g/mol. The zero-order valence-electron chi connectivity index (χ0n) is 8.24. The van der Waals surface area contributed by atoms with Crippen molar-refractivity contribution >= 4 is 28.9 Å². The van der Waals surface area contributed by atoms with E-state index in [1.165, 1.54) is 0 Å². The van der Waals surface area contributed by atoms with E-state index in [-0.39, 0.29) is 4.49 Å². The lowest BCUT2D eigenvalue weighted by molar-refractivity contribution is 0.318. The molecule has 0 saturated carbocycles. The van der Waals surface area contributed by atoms with Crippen molar-refractivity contribution in [1.82, 2.24) is 0 Å². The average molecular weight is 244 g/mol. The summed E-state index contributed by atoms with van der Waals surface area (Å²) in [5.41, 5.74) is 2.55. The Balaban J connectivity index is 2.85. The van der Waals surface area contributed by atoms with Crippen LogP contribution in [-0.2, 0) is 0 Å². The molecule has 0 aromatic heterocycles. The number of allylic oxidation sites excluding steroid dienone is 1. The van der Waals surface area contributed by atoms with Gasteiger partial charge in [0.1, 0.15) is 4.49 Å². The minimum Gasteiger partial charge on any atom is -0.411 e. The third kappa shape index (κ3) is 3.94. The number of oxime groups is 1. The molecule has 2 nitrogen and oxygen atoms in total. The van der Waals surface area contributed by atoms with Gasteiger partial charge in [0.25, 0.3) is 0 Å². The SMILES string of the molecule is Cc1ccc(/C(CC=C(Cl)Cl)=N\O)cc1. The molecule has 1 aromatic rings. The highest BCUT2D eigenvalue weighted by Crippen LogP contribution is 2.12. The van der Waals surface area contributed by atoms with Crippen molar-refractivity contribution in [2.24, 2.45) is 5.16 Å². The second-order valence-electron chi connectivity index (χ2n) is 3.11. The fraction of sp³-hybridized carbons (Fsp3) is 0.182. The van der Waals surface area contributed by atoms with Gasteiger partial charge in [-0.1, -0.05) is 58.2 Å². The maximum Gasteiger partial charge on any atom is 0.103 e. The Hall–Kier alpha value is -0.990. The quantitative estimate of drug-likeness (QED) is 0.488. The molecule has 0 heterocycles. The molecule has 0 unspecified atom stereocenters. The van der Waals surface area contributed by atoms with Gasteiger partial charge in [0.15, 0.2) is 0 Å². The Morgan fingerprint density at radius 3 is 2.40 bits per heavy atom. The molecule has 80 valence electrons. The van der Waals surface area contributed by atoms with E-state index < -0.39 is 0 Å². The highest BCUT2D eigenvalue weighted by Gasteiger charge is 2.02. The van der Waals surface area contributed by atoms with Gasteiger partial charge in [0.05, 0.1) is 5.71 Å². The van der Waals surface area contributed by atoms with Crippen molar-refractivity contribution in [2.45, 2.75) is 13.3 Å². The van der Waals surface area contributed by atoms with Crippen molar-refractivity contribution in [2.75, 3.05) is 0 Å². The molecule has 0 saturated heterocycles. The van der Waals surface area contributed by atoms with E-state index in [0.717, 1.165) is 11.1 Å². The van der Waals surface area contributed by atoms with Gasteiger partial charge in [-0.05, 0) is 18.6 Å². The molecule has 0 aliphatic heterocycles. The fourth-order valence-electron chi connectivity index (χ4n) is 1.14. The van der Waals surface area contributed by atoms with Gasteiger partial charge in [-0.25, -0.2) is 0 Å². The topological polar surface area (TPSA) is 32.6 Å². The second-order valence-corrected chi connectivity index (χ2v) is 4.12. The average Bonchev–Trinajstić information content (AvgIpc) is 2.21. The van der Waals surface area contributed by atoms with E-state index in [1.807, 2.05) is 31.2 Å². The highest BCUT2D eigenvalue weighted by molar-refractivity contribution is 6.55. The van der Waals surface area contributed by atoms with Crippen molar-refractivity contribution in [3.8, 4) is 0 Å². The number of nitrogens with zero attached hydrogens (tertiary/aromatic N) is 1. The minimum atomic E-state index is 0.170. The summed E-state index contributed by atoms with van der Waals surface area (Å²) in [6.07, 6.45) is 1.99. The van der Waals surface area contributed by atoms with Crippen molar-refractivity contribution in [3.05, 3.63) is 46.0 Å². The highest BCUT2D eigenvalue weighted by atomic mass is 35.5. The predicted molar refractivity (Wildman–Crippen MR) is 63.9 cm³/mol. The summed E-state index contributed by atoms with van der Waals surface area (Å²) in [5.74, 6) is 0. The molecule has 0 atom stereocenters. The van der Waals surface area contributed by atoms with Crippen LogP contribution in [0, 0.1) is 6.92 Å². The molecule has 4 heteroatoms. The summed E-state index contributed by atoms with van der Waals surface area (Å²) in [6, 6.07) is 7.68. The van der Waals surface area contributed by atoms with E-state index in [2.05, 4.69) is 5.16 Å². The van der Waals surface area contributed by atoms with Gasteiger partial charge in [-0.15, -0.1) is 0 Å². The number of aryl methyl sites for hydroxylation is 1. The molecular formula is C11H11Cl2NO. The molecule has 0 spiro atoms. The smallest absolute Gasteiger partial charge is 0.103 e. The standard InChI is InChI=1S/C11H11Cl2NO/c1-8-2-4-9(5-3-8)10(14-15)6-7-11(12)13/h2-5,7,15H,6H2,1H3/b14-10-. The fourth-order valence-corrected chi connectivity index (χ4v) is 1.29. The van der Waals surface area contributed by atoms with Crippen LogP contribution >= 0.6 is 23.2 Å². The van der Waals surface area contributed by atoms with Crippen LogP contribution in [0.15, 0.2) is 40.0 Å². The number of benzene rings is 1. The molecule has 15 heavy (non-hydrogen) atoms. The zero-order chi connectivity index (χ0) is 11.3. The summed E-state index contributed by atoms with van der Waals surface area (Å²) in [6.45, 7) is 2.00. The summed E-state index contributed by atoms with van der Waals surface area (Å²) in [5, 5.41) is 12.0. The van der Waals surface area contributed by atoms with E-state index in [9.17, 15) is 0 Å². The Morgan fingerprint density at radius 2 is 1.93 bits per heavy atom. The third-order valence-electron chi connectivity index (χ3n) is 1.96. The Labute approximate surface area is 98.8 Å². The first-order valence-corrected chi connectivity index (χ1v) is 5.18. The second kappa shape index (κ2) is 5.79. The Bertz CT molecular complexity index is 378. The van der Waals surface area contributed by atoms with Crippen LogP contribution in [0.5, 0.6) is 0 Å². The van der Waals surface area contributed by atoms with Crippen LogP contribution in [0.1, 0.15) is 17.5 Å². The molecular weight excluding hydrogens is 233 g/mol. The Kier molecular flexibility index (Phi) is 4.66. The number of halogens is 2. The van der Waals surface area contributed by atoms with Gasteiger partial charge < -0.3 is 5.21 Å². The molecule has 0 aliphatic rings. The summed E-state index contributed by atoms with van der Waals surface area (Å²) in [7, 11) is 0. The lowest BCUT2D eigenvalue weighted by Crippen LogP contribution is -1.99. The van der Waals surface area contributed by atoms with Crippen LogP contribution in [0.4, 0.5) is 0 Å². The molecule has 0 radical (unpaired) electrons. The lowest BCUT2D eigenvalue weighted by atomic mass is 10.1. The van der Waals surface area contributed by atoms with Gasteiger partial charge in [-0.2, -0.15) is 0 Å². The maximum atomic E-state index is 8.83. The summed E-state index contributed by atoms with van der Waals surface area (Å²) < 4.78 is 0.170. The van der Waals surface area contributed by atoms with Crippen LogP contribution in [0.3, 0.4) is 0 Å². The van der Waals surface area contributed by atoms with Gasteiger partial charge in [0.2, 0.25) is 0 Å². The van der Waals surface area contributed by atoms with Crippen LogP contribution in [-0.4, -0.2) is 10.9 Å². The molecule has 1 N–H and O–H groups in total. The van der Waals surface area contributed by atoms with E-state index in [4.69, 9.17) is 28.4 Å². The number of rotatable bonds is 3. The van der Waals surface area contributed by atoms with Crippen molar-refractivity contribution in [1.29, 1.82) is 0 Å². The van der Waals surface area contributed by atoms with Gasteiger partial charge >= 0.3 is 0 Å². The molecule has 0 bridgehead atoms. The third-order valence-corrected chi connectivity index (χ3v) is 2.26. The van der Waals surface area contributed by atoms with Crippen LogP contribution in [0.2, 0.25) is 0 Å². The molecule has 1 aromatic carbocycles. The largest absolute Gasteiger partial charge is 0.411 e. The van der Waals surface area contributed by atoms with Gasteiger partial charge in [0, 0.05) is 6.42 Å². The summed E-state index contributed by atoms with van der Waals surface area (Å²) in [4.78, 5) is 0. The lowest BCUT2D eigenvalue weighted by Gasteiger charge is -2.01. The van der Waals surface area contributed by atoms with E-state index >= 15 is 0 Å². The van der Waals surface area contributed by atoms with E-state index in [1.54, 1.807) is 6.08 Å². The predicted octanol–water partition coefficient (Wildman–Crippen LogP) is 3.88. The molecule has 1 rings (SSSR count). The molecule has 0 amide bonds. The zero-order valence-corrected chi connectivity index (χ0v) is 9.76. The minimum absolute atomic E-state index is 0.170. The summed E-state index contributed by atoms with van der Waals surface area (Å²) >= 11 is 11.0. The Morgan fingerprint density at radius 1 is 1.33 bits per heavy atom. The van der Waals surface area contributed by atoms with Crippen molar-refractivity contribution < 1.29 is 5.21 Å². The first kappa shape index (κ1) is 12.1. The van der Waals surface area contributed by atoms with Crippen LogP contribution in [0.25, 0.3) is 0 Å². The first-order chi connectivity index (χ1) is 7.13. The first-order valence-electron chi connectivity index (χ1n) is 4.42. The number of hydrogen-bond donors (Lipinski definition) is 1. The van der Waals surface area contributed by atoms with Crippen LogP contribution < -0.4 is 0 Å². The normalized spacial score (nSPS) is 11.3. The molecule has 0 fully saturated rings. The number of hydrogen-bond acceptors (Lipinski definition) is 2. The van der Waals surface area contributed by atoms with Crippen molar-refractivity contribution in [3.63, 3.8) is 0 Å². The maximum absolute atomic E-state index is 8.83. The molecule has 0 aliphatic carbocycles. The van der Waals surface area contributed by atoms with E-state index in [0.29, 0.717) is 12.1 Å². The van der Waals surface area contributed by atoms with Gasteiger partial charge in [-0.3, -0.25) is 0 Å².